The summed E-state index contributed by atoms with van der Waals surface area (Å²) >= 11 is 1.74. The summed E-state index contributed by atoms with van der Waals surface area (Å²) < 4.78 is 0. The second-order valence-electron chi connectivity index (χ2n) is 2.68. The van der Waals surface area contributed by atoms with Crippen molar-refractivity contribution in [2.75, 3.05) is 0 Å². The molecule has 0 saturated carbocycles. The number of nitrogens with zero attached hydrogens (tertiary/aromatic N) is 1. The lowest BCUT2D eigenvalue weighted by Crippen LogP contribution is -1.79. The van der Waals surface area contributed by atoms with Crippen molar-refractivity contribution in [3.8, 4) is 0 Å². The number of hydrogen-bond donors (Lipinski definition) is 0. The van der Waals surface area contributed by atoms with Crippen LogP contribution >= 0.6 is 11.8 Å². The van der Waals surface area contributed by atoms with Crippen LogP contribution in [0, 0.1) is 5.75 Å². The number of hydrogen-bond acceptors (Lipinski definition) is 2. The summed E-state index contributed by atoms with van der Waals surface area (Å²) in [5, 5.41) is 1.23. The molecule has 13 heavy (non-hydrogen) atoms. The van der Waals surface area contributed by atoms with Gasteiger partial charge in [0.2, 0.25) is 0 Å². The van der Waals surface area contributed by atoms with E-state index in [1.54, 1.807) is 11.8 Å². The molecule has 1 aromatic heterocycles. The smallest absolute Gasteiger partial charge is 0.0713 e. The van der Waals surface area contributed by atoms with Gasteiger partial charge in [-0.1, -0.05) is 25.1 Å². The highest BCUT2D eigenvalue weighted by Crippen LogP contribution is 2.27. The summed E-state index contributed by atoms with van der Waals surface area (Å²) in [6, 6.07) is 10.2. The Morgan fingerprint density at radius 1 is 1.23 bits per heavy atom. The molecule has 0 atom stereocenters. The topological polar surface area (TPSA) is 12.9 Å². The number of fused-ring (bicyclic) bond motifs is 1. The van der Waals surface area contributed by atoms with Gasteiger partial charge in [0.1, 0.15) is 0 Å². The van der Waals surface area contributed by atoms with E-state index in [1.165, 1.54) is 10.3 Å². The Kier molecular flexibility index (Phi) is 2.50. The van der Waals surface area contributed by atoms with Crippen molar-refractivity contribution in [2.24, 2.45) is 0 Å². The molecule has 0 fully saturated rings. The van der Waals surface area contributed by atoms with E-state index in [0.29, 0.717) is 0 Å². The number of pyridine rings is 1. The molecule has 0 amide bonds. The summed E-state index contributed by atoms with van der Waals surface area (Å²) in [5.74, 6) is 2.09. The number of rotatable bonds is 2. The average molecular weight is 188 g/mol. The first-order valence-corrected chi connectivity index (χ1v) is 5.08. The van der Waals surface area contributed by atoms with E-state index in [1.807, 2.05) is 37.4 Å². The van der Waals surface area contributed by atoms with Gasteiger partial charge in [-0.05, 0) is 12.1 Å². The lowest BCUT2D eigenvalue weighted by atomic mass is 10.2. The third-order valence-electron chi connectivity index (χ3n) is 1.85. The molecule has 0 bridgehead atoms. The van der Waals surface area contributed by atoms with Crippen molar-refractivity contribution in [2.45, 2.75) is 11.8 Å². The fraction of sp³-hybridized carbons (Fsp3) is 0.0909. The molecule has 0 unspecified atom stereocenters. The third kappa shape index (κ3) is 1.68. The number of benzene rings is 1. The van der Waals surface area contributed by atoms with Crippen LogP contribution in [0.2, 0.25) is 0 Å². The highest BCUT2D eigenvalue weighted by Gasteiger charge is 1.99. The lowest BCUT2D eigenvalue weighted by Gasteiger charge is -2.02. The van der Waals surface area contributed by atoms with Crippen LogP contribution < -0.4 is 0 Å². The molecule has 0 saturated heterocycles. The first-order valence-electron chi connectivity index (χ1n) is 4.20. The van der Waals surface area contributed by atoms with E-state index in [9.17, 15) is 0 Å². The van der Waals surface area contributed by atoms with Gasteiger partial charge in [-0.2, -0.15) is 0 Å². The minimum absolute atomic E-state index is 1.06. The van der Waals surface area contributed by atoms with E-state index < -0.39 is 0 Å². The second-order valence-corrected chi connectivity index (χ2v) is 3.83. The molecule has 1 nitrogen and oxygen atoms in total. The summed E-state index contributed by atoms with van der Waals surface area (Å²) in [6.07, 6.45) is 1.86. The Bertz CT molecular complexity index is 406. The first kappa shape index (κ1) is 8.57. The molecule has 0 aliphatic carbocycles. The minimum Gasteiger partial charge on any atom is -0.256 e. The third-order valence-corrected chi connectivity index (χ3v) is 2.70. The molecule has 1 heterocycles. The second kappa shape index (κ2) is 3.79. The fourth-order valence-electron chi connectivity index (χ4n) is 1.30. The molecule has 1 aromatic carbocycles. The average Bonchev–Trinajstić information content (AvgIpc) is 2.19. The highest BCUT2D eigenvalue weighted by molar-refractivity contribution is 8.01. The number of para-hydroxylation sites is 1. The summed E-state index contributed by atoms with van der Waals surface area (Å²) in [4.78, 5) is 5.57. The maximum atomic E-state index is 4.30. The van der Waals surface area contributed by atoms with Gasteiger partial charge in [0, 0.05) is 22.2 Å². The van der Waals surface area contributed by atoms with E-state index >= 15 is 0 Å². The zero-order chi connectivity index (χ0) is 9.10. The highest BCUT2D eigenvalue weighted by atomic mass is 32.2. The molecule has 1 radical (unpaired) electrons. The van der Waals surface area contributed by atoms with Gasteiger partial charge in [-0.3, -0.25) is 4.98 Å². The summed E-state index contributed by atoms with van der Waals surface area (Å²) in [7, 11) is 0. The molecule has 2 aromatic rings. The lowest BCUT2D eigenvalue weighted by molar-refractivity contribution is 1.35. The van der Waals surface area contributed by atoms with Gasteiger partial charge in [-0.15, -0.1) is 11.8 Å². The van der Waals surface area contributed by atoms with Crippen LogP contribution in [0.4, 0.5) is 0 Å². The first-order chi connectivity index (χ1) is 6.42. The normalized spacial score (nSPS) is 10.5. The van der Waals surface area contributed by atoms with E-state index in [4.69, 9.17) is 0 Å². The van der Waals surface area contributed by atoms with Crippen LogP contribution in [0.25, 0.3) is 10.9 Å². The molecule has 0 aliphatic heterocycles. The van der Waals surface area contributed by atoms with Crippen LogP contribution in [0.3, 0.4) is 0 Å². The number of thioether (sulfide) groups is 1. The Hall–Kier alpha value is -1.02. The van der Waals surface area contributed by atoms with Crippen molar-refractivity contribution in [1.29, 1.82) is 0 Å². The Morgan fingerprint density at radius 3 is 2.92 bits per heavy atom. The van der Waals surface area contributed by atoms with Crippen molar-refractivity contribution in [1.82, 2.24) is 4.98 Å². The molecule has 0 N–H and O–H groups in total. The van der Waals surface area contributed by atoms with Crippen molar-refractivity contribution in [3.05, 3.63) is 42.3 Å². The zero-order valence-corrected chi connectivity index (χ0v) is 8.21. The maximum absolute atomic E-state index is 4.30. The largest absolute Gasteiger partial charge is 0.256 e. The molecule has 2 rings (SSSR count). The zero-order valence-electron chi connectivity index (χ0n) is 7.40. The summed E-state index contributed by atoms with van der Waals surface area (Å²) in [5.41, 5.74) is 1.06. The van der Waals surface area contributed by atoms with Gasteiger partial charge in [0.05, 0.1) is 5.52 Å². The van der Waals surface area contributed by atoms with Crippen LogP contribution in [0.15, 0.2) is 41.4 Å². The Labute approximate surface area is 82.2 Å². The van der Waals surface area contributed by atoms with Crippen molar-refractivity contribution < 1.29 is 0 Å². The predicted molar refractivity (Wildman–Crippen MR) is 57.6 cm³/mol. The SMILES string of the molecule is C[CH]Sc1ccnc2ccccc12. The summed E-state index contributed by atoms with van der Waals surface area (Å²) in [6.45, 7) is 2.04. The van der Waals surface area contributed by atoms with Gasteiger partial charge in [0.15, 0.2) is 0 Å². The van der Waals surface area contributed by atoms with Crippen LogP contribution in [0.1, 0.15) is 6.92 Å². The fourth-order valence-corrected chi connectivity index (χ4v) is 1.99. The molecule has 65 valence electrons. The van der Waals surface area contributed by atoms with Crippen LogP contribution in [-0.2, 0) is 0 Å². The monoisotopic (exact) mass is 188 g/mol. The Balaban J connectivity index is 2.61. The van der Waals surface area contributed by atoms with Crippen LogP contribution in [-0.4, -0.2) is 4.98 Å². The van der Waals surface area contributed by atoms with E-state index in [0.717, 1.165) is 5.52 Å². The Morgan fingerprint density at radius 2 is 2.08 bits per heavy atom. The van der Waals surface area contributed by atoms with Gasteiger partial charge in [0.25, 0.3) is 0 Å². The molecule has 0 aliphatic rings. The predicted octanol–water partition coefficient (Wildman–Crippen LogP) is 3.51. The molecule has 2 heteroatoms. The molecular weight excluding hydrogens is 178 g/mol. The van der Waals surface area contributed by atoms with Crippen molar-refractivity contribution in [3.63, 3.8) is 0 Å². The van der Waals surface area contributed by atoms with E-state index in [2.05, 4.69) is 16.8 Å². The van der Waals surface area contributed by atoms with E-state index in [-0.39, 0.29) is 0 Å². The van der Waals surface area contributed by atoms with Crippen LogP contribution in [0.5, 0.6) is 0 Å². The standard InChI is InChI=1S/C11H10NS/c1-2-13-11-7-8-12-10-6-4-3-5-9(10)11/h2-8H,1H3. The number of aromatic nitrogens is 1. The van der Waals surface area contributed by atoms with Gasteiger partial charge < -0.3 is 0 Å². The molecule has 0 spiro atoms. The quantitative estimate of drug-likeness (QED) is 0.669. The molecular formula is C11H10NS. The van der Waals surface area contributed by atoms with Gasteiger partial charge >= 0.3 is 0 Å². The van der Waals surface area contributed by atoms with Crippen molar-refractivity contribution >= 4 is 22.7 Å². The minimum atomic E-state index is 1.06. The maximum Gasteiger partial charge on any atom is 0.0713 e. The van der Waals surface area contributed by atoms with Gasteiger partial charge in [-0.25, -0.2) is 0 Å².